The van der Waals surface area contributed by atoms with Crippen LogP contribution in [-0.2, 0) is 4.79 Å². The number of rotatable bonds is 6. The van der Waals surface area contributed by atoms with Crippen LogP contribution in [-0.4, -0.2) is 16.3 Å². The molecule has 86 valence electrons. The van der Waals surface area contributed by atoms with Gasteiger partial charge in [0, 0.05) is 5.25 Å². The zero-order chi connectivity index (χ0) is 11.8. The van der Waals surface area contributed by atoms with Crippen molar-refractivity contribution >= 4 is 18.6 Å². The maximum atomic E-state index is 10.5. The van der Waals surface area contributed by atoms with Gasteiger partial charge in [-0.05, 0) is 33.6 Å². The first-order chi connectivity index (χ1) is 6.97. The molecule has 15 heavy (non-hydrogen) atoms. The Morgan fingerprint density at radius 3 is 2.47 bits per heavy atom. The Balaban J connectivity index is 4.14. The third kappa shape index (κ3) is 7.25. The topological polar surface area (TPSA) is 37.3 Å². The average molecular weight is 228 g/mol. The van der Waals surface area contributed by atoms with Gasteiger partial charge < -0.3 is 5.11 Å². The van der Waals surface area contributed by atoms with Crippen molar-refractivity contribution in [3.05, 3.63) is 23.3 Å². The van der Waals surface area contributed by atoms with Crippen molar-refractivity contribution in [2.45, 2.75) is 45.3 Å². The summed E-state index contributed by atoms with van der Waals surface area (Å²) in [7, 11) is 0. The maximum absolute atomic E-state index is 10.5. The predicted molar refractivity (Wildman–Crippen MR) is 67.4 cm³/mol. The van der Waals surface area contributed by atoms with Gasteiger partial charge in [0.2, 0.25) is 0 Å². The van der Waals surface area contributed by atoms with Crippen molar-refractivity contribution in [3.63, 3.8) is 0 Å². The maximum Gasteiger partial charge on any atom is 0.304 e. The molecule has 0 saturated heterocycles. The molecule has 0 amide bonds. The first kappa shape index (κ1) is 14.3. The summed E-state index contributed by atoms with van der Waals surface area (Å²) in [5.74, 6) is -0.795. The molecule has 0 bridgehead atoms. The zero-order valence-electron chi connectivity index (χ0n) is 9.66. The van der Waals surface area contributed by atoms with Gasteiger partial charge in [0.25, 0.3) is 0 Å². The van der Waals surface area contributed by atoms with E-state index in [0.29, 0.717) is 0 Å². The third-order valence-corrected chi connectivity index (χ3v) is 2.67. The van der Waals surface area contributed by atoms with Crippen molar-refractivity contribution in [3.8, 4) is 0 Å². The van der Waals surface area contributed by atoms with Crippen molar-refractivity contribution in [1.82, 2.24) is 0 Å². The summed E-state index contributed by atoms with van der Waals surface area (Å²) >= 11 is 4.30. The zero-order valence-corrected chi connectivity index (χ0v) is 10.6. The van der Waals surface area contributed by atoms with E-state index >= 15 is 0 Å². The number of aliphatic carboxylic acids is 1. The summed E-state index contributed by atoms with van der Waals surface area (Å²) in [6, 6.07) is 0. The molecule has 0 rings (SSSR count). The van der Waals surface area contributed by atoms with E-state index in [1.165, 1.54) is 5.57 Å². The Labute approximate surface area is 97.5 Å². The van der Waals surface area contributed by atoms with Gasteiger partial charge in [0.15, 0.2) is 0 Å². The van der Waals surface area contributed by atoms with E-state index in [2.05, 4.69) is 32.6 Å². The highest BCUT2D eigenvalue weighted by Gasteiger charge is 2.12. The van der Waals surface area contributed by atoms with Crippen LogP contribution >= 0.6 is 12.6 Å². The van der Waals surface area contributed by atoms with Crippen LogP contribution in [0.2, 0.25) is 0 Å². The molecule has 0 saturated carbocycles. The minimum Gasteiger partial charge on any atom is -0.481 e. The molecule has 3 heteroatoms. The van der Waals surface area contributed by atoms with Gasteiger partial charge >= 0.3 is 5.97 Å². The van der Waals surface area contributed by atoms with Crippen LogP contribution in [0.3, 0.4) is 0 Å². The SMILES string of the molecule is CC=C(CCC=C(C)C)C(S)CC(=O)O. The van der Waals surface area contributed by atoms with Crippen LogP contribution in [0.5, 0.6) is 0 Å². The summed E-state index contributed by atoms with van der Waals surface area (Å²) < 4.78 is 0. The van der Waals surface area contributed by atoms with Gasteiger partial charge in [-0.2, -0.15) is 12.6 Å². The second kappa shape index (κ2) is 7.57. The minimum absolute atomic E-state index is 0.0948. The number of carboxylic acid groups (broad SMARTS) is 1. The van der Waals surface area contributed by atoms with Crippen LogP contribution in [0.15, 0.2) is 23.3 Å². The fraction of sp³-hybridized carbons (Fsp3) is 0.583. The highest BCUT2D eigenvalue weighted by molar-refractivity contribution is 7.81. The Kier molecular flexibility index (Phi) is 7.22. The van der Waals surface area contributed by atoms with Crippen LogP contribution < -0.4 is 0 Å². The van der Waals surface area contributed by atoms with Gasteiger partial charge in [0.1, 0.15) is 0 Å². The molecule has 0 radical (unpaired) electrons. The summed E-state index contributed by atoms with van der Waals surface area (Å²) in [6.07, 6.45) is 6.07. The third-order valence-electron chi connectivity index (χ3n) is 2.15. The Morgan fingerprint density at radius 2 is 2.07 bits per heavy atom. The standard InChI is InChI=1S/C12H20O2S/c1-4-10(7-5-6-9(2)3)11(15)8-12(13)14/h4,6,11,15H,5,7-8H2,1-3H3,(H,13,14). The summed E-state index contributed by atoms with van der Waals surface area (Å²) in [5, 5.41) is 8.50. The van der Waals surface area contributed by atoms with Gasteiger partial charge in [-0.25, -0.2) is 0 Å². The number of carboxylic acids is 1. The number of hydrogen-bond donors (Lipinski definition) is 2. The lowest BCUT2D eigenvalue weighted by molar-refractivity contribution is -0.136. The van der Waals surface area contributed by atoms with Crippen molar-refractivity contribution in [2.24, 2.45) is 0 Å². The predicted octanol–water partition coefficient (Wildman–Crippen LogP) is 3.45. The van der Waals surface area contributed by atoms with Crippen molar-refractivity contribution in [1.29, 1.82) is 0 Å². The number of allylic oxidation sites excluding steroid dienone is 3. The van der Waals surface area contributed by atoms with Gasteiger partial charge in [-0.1, -0.05) is 23.3 Å². The van der Waals surface area contributed by atoms with Crippen LogP contribution in [0.1, 0.15) is 40.0 Å². The van der Waals surface area contributed by atoms with Crippen LogP contribution in [0.4, 0.5) is 0 Å². The summed E-state index contributed by atoms with van der Waals surface area (Å²) in [6.45, 7) is 6.05. The average Bonchev–Trinajstić information content (AvgIpc) is 2.10. The molecule has 0 aliphatic carbocycles. The lowest BCUT2D eigenvalue weighted by Gasteiger charge is -2.12. The molecule has 1 unspecified atom stereocenters. The molecule has 1 N–H and O–H groups in total. The molecule has 0 aliphatic heterocycles. The van der Waals surface area contributed by atoms with E-state index in [4.69, 9.17) is 5.11 Å². The Bertz CT molecular complexity index is 263. The number of carbonyl (C=O) groups is 1. The van der Waals surface area contributed by atoms with Crippen LogP contribution in [0, 0.1) is 0 Å². The number of hydrogen-bond acceptors (Lipinski definition) is 2. The second-order valence-corrected chi connectivity index (χ2v) is 4.42. The van der Waals surface area contributed by atoms with Gasteiger partial charge in [0.05, 0.1) is 6.42 Å². The van der Waals surface area contributed by atoms with Crippen molar-refractivity contribution < 1.29 is 9.90 Å². The molecular formula is C12H20O2S. The van der Waals surface area contributed by atoms with E-state index < -0.39 is 5.97 Å². The molecule has 0 spiro atoms. The van der Waals surface area contributed by atoms with E-state index in [0.717, 1.165) is 18.4 Å². The van der Waals surface area contributed by atoms with Gasteiger partial charge in [-0.3, -0.25) is 4.79 Å². The first-order valence-electron chi connectivity index (χ1n) is 5.15. The molecule has 0 heterocycles. The quantitative estimate of drug-likeness (QED) is 0.539. The monoisotopic (exact) mass is 228 g/mol. The largest absolute Gasteiger partial charge is 0.481 e. The van der Waals surface area contributed by atoms with E-state index in [-0.39, 0.29) is 11.7 Å². The summed E-state index contributed by atoms with van der Waals surface area (Å²) in [5.41, 5.74) is 2.40. The molecular weight excluding hydrogens is 208 g/mol. The smallest absolute Gasteiger partial charge is 0.304 e. The molecule has 1 atom stereocenters. The van der Waals surface area contributed by atoms with Crippen molar-refractivity contribution in [2.75, 3.05) is 0 Å². The number of thiol groups is 1. The lowest BCUT2D eigenvalue weighted by Crippen LogP contribution is -2.10. The molecule has 2 nitrogen and oxygen atoms in total. The van der Waals surface area contributed by atoms with Gasteiger partial charge in [-0.15, -0.1) is 0 Å². The molecule has 0 aliphatic rings. The fourth-order valence-corrected chi connectivity index (χ4v) is 1.76. The molecule has 0 aromatic rings. The Morgan fingerprint density at radius 1 is 1.47 bits per heavy atom. The fourth-order valence-electron chi connectivity index (χ4n) is 1.33. The molecule has 0 aromatic carbocycles. The Hall–Kier alpha value is -0.700. The molecule has 0 fully saturated rings. The van der Waals surface area contributed by atoms with Crippen LogP contribution in [0.25, 0.3) is 0 Å². The normalized spacial score (nSPS) is 13.5. The molecule has 0 aromatic heterocycles. The highest BCUT2D eigenvalue weighted by Crippen LogP contribution is 2.19. The lowest BCUT2D eigenvalue weighted by atomic mass is 10.0. The van der Waals surface area contributed by atoms with E-state index in [1.807, 2.05) is 13.0 Å². The van der Waals surface area contributed by atoms with E-state index in [9.17, 15) is 4.79 Å². The summed E-state index contributed by atoms with van der Waals surface area (Å²) in [4.78, 5) is 10.5. The second-order valence-electron chi connectivity index (χ2n) is 3.80. The minimum atomic E-state index is -0.795. The highest BCUT2D eigenvalue weighted by atomic mass is 32.1. The van der Waals surface area contributed by atoms with E-state index in [1.54, 1.807) is 0 Å². The first-order valence-corrected chi connectivity index (χ1v) is 5.67.